The maximum Gasteiger partial charge on any atom is 0.115 e. The van der Waals surface area contributed by atoms with Crippen molar-refractivity contribution in [3.63, 3.8) is 0 Å². The normalized spacial score (nSPS) is 35.1. The van der Waals surface area contributed by atoms with Crippen LogP contribution in [0.2, 0.25) is 0 Å². The van der Waals surface area contributed by atoms with E-state index >= 15 is 0 Å². The average molecular weight is 403 g/mol. The van der Waals surface area contributed by atoms with Gasteiger partial charge in [0, 0.05) is 5.41 Å². The summed E-state index contributed by atoms with van der Waals surface area (Å²) in [7, 11) is 0. The van der Waals surface area contributed by atoms with Gasteiger partial charge < -0.3 is 10.2 Å². The van der Waals surface area contributed by atoms with Crippen molar-refractivity contribution in [1.29, 1.82) is 0 Å². The average Bonchev–Trinajstić information content (AvgIpc) is 3.00. The van der Waals surface area contributed by atoms with Gasteiger partial charge in [0.1, 0.15) is 5.75 Å². The second-order valence-corrected chi connectivity index (χ2v) is 10.4. The molecule has 2 N–H and O–H groups in total. The SMILES string of the molecule is Cc1ccc(/C=C/[C@]2(O)CC[C@H]3[C@@H]4CCc5cc(O)ccc5[C@H]4CC[C@@]32C)cc1C. The Kier molecular flexibility index (Phi) is 4.63. The topological polar surface area (TPSA) is 40.5 Å². The molecule has 0 aliphatic heterocycles. The molecule has 2 aromatic rings. The van der Waals surface area contributed by atoms with Crippen LogP contribution < -0.4 is 0 Å². The highest BCUT2D eigenvalue weighted by molar-refractivity contribution is 5.53. The van der Waals surface area contributed by atoms with Crippen molar-refractivity contribution in [3.05, 3.63) is 70.3 Å². The number of phenols is 1. The van der Waals surface area contributed by atoms with Gasteiger partial charge in [-0.1, -0.05) is 43.3 Å². The van der Waals surface area contributed by atoms with Gasteiger partial charge in [-0.15, -0.1) is 0 Å². The van der Waals surface area contributed by atoms with Crippen molar-refractivity contribution in [2.75, 3.05) is 0 Å². The third-order valence-corrected chi connectivity index (χ3v) is 9.01. The lowest BCUT2D eigenvalue weighted by molar-refractivity contribution is -0.0705. The van der Waals surface area contributed by atoms with E-state index in [-0.39, 0.29) is 5.41 Å². The quantitative estimate of drug-likeness (QED) is 0.618. The number of hydrogen-bond donors (Lipinski definition) is 2. The zero-order valence-electron chi connectivity index (χ0n) is 18.5. The van der Waals surface area contributed by atoms with E-state index in [4.69, 9.17) is 0 Å². The van der Waals surface area contributed by atoms with Crippen molar-refractivity contribution in [2.24, 2.45) is 17.3 Å². The fourth-order valence-electron chi connectivity index (χ4n) is 7.00. The summed E-state index contributed by atoms with van der Waals surface area (Å²) in [5, 5.41) is 21.7. The summed E-state index contributed by atoms with van der Waals surface area (Å²) in [6.07, 6.45) is 10.7. The molecule has 5 atom stereocenters. The Bertz CT molecular complexity index is 1010. The molecule has 2 heteroatoms. The number of fused-ring (bicyclic) bond motifs is 5. The number of rotatable bonds is 2. The number of aliphatic hydroxyl groups is 1. The number of benzene rings is 2. The van der Waals surface area contributed by atoms with E-state index in [9.17, 15) is 10.2 Å². The Morgan fingerprint density at radius 3 is 2.60 bits per heavy atom. The van der Waals surface area contributed by atoms with Crippen LogP contribution in [0.5, 0.6) is 5.75 Å². The molecule has 2 saturated carbocycles. The van der Waals surface area contributed by atoms with E-state index in [0.29, 0.717) is 23.5 Å². The van der Waals surface area contributed by atoms with E-state index in [2.05, 4.69) is 57.2 Å². The maximum absolute atomic E-state index is 11.8. The molecule has 2 aromatic carbocycles. The first-order valence-electron chi connectivity index (χ1n) is 11.6. The Hall–Kier alpha value is -2.06. The van der Waals surface area contributed by atoms with Gasteiger partial charge >= 0.3 is 0 Å². The molecule has 0 aromatic heterocycles. The van der Waals surface area contributed by atoms with Crippen LogP contribution in [0.3, 0.4) is 0 Å². The summed E-state index contributed by atoms with van der Waals surface area (Å²) in [5.41, 5.74) is 5.79. The molecule has 5 rings (SSSR count). The molecule has 3 aliphatic carbocycles. The monoisotopic (exact) mass is 402 g/mol. The fraction of sp³-hybridized carbons (Fsp3) is 0.500. The largest absolute Gasteiger partial charge is 0.508 e. The van der Waals surface area contributed by atoms with Gasteiger partial charge in [-0.3, -0.25) is 0 Å². The van der Waals surface area contributed by atoms with Crippen LogP contribution >= 0.6 is 0 Å². The van der Waals surface area contributed by atoms with E-state index in [1.807, 2.05) is 12.1 Å². The molecule has 2 nitrogen and oxygen atoms in total. The third kappa shape index (κ3) is 2.95. The minimum atomic E-state index is -0.726. The maximum atomic E-state index is 11.8. The molecule has 0 radical (unpaired) electrons. The van der Waals surface area contributed by atoms with Crippen LogP contribution in [0.1, 0.15) is 72.8 Å². The minimum Gasteiger partial charge on any atom is -0.508 e. The molecular formula is C28H34O2. The molecule has 0 saturated heterocycles. The number of phenolic OH excluding ortho intramolecular Hbond substituents is 1. The van der Waals surface area contributed by atoms with Crippen molar-refractivity contribution < 1.29 is 10.2 Å². The third-order valence-electron chi connectivity index (χ3n) is 9.01. The van der Waals surface area contributed by atoms with Gasteiger partial charge in [-0.25, -0.2) is 0 Å². The van der Waals surface area contributed by atoms with Crippen LogP contribution in [0.15, 0.2) is 42.5 Å². The molecule has 0 spiro atoms. The summed E-state index contributed by atoms with van der Waals surface area (Å²) in [6.45, 7) is 6.63. The lowest BCUT2D eigenvalue weighted by Crippen LogP contribution is -2.49. The van der Waals surface area contributed by atoms with E-state index in [0.717, 1.165) is 32.1 Å². The van der Waals surface area contributed by atoms with Crippen LogP contribution in [0.4, 0.5) is 0 Å². The number of hydrogen-bond acceptors (Lipinski definition) is 2. The van der Waals surface area contributed by atoms with Gasteiger partial charge in [0.15, 0.2) is 0 Å². The summed E-state index contributed by atoms with van der Waals surface area (Å²) < 4.78 is 0. The van der Waals surface area contributed by atoms with Crippen LogP contribution in [-0.4, -0.2) is 15.8 Å². The Morgan fingerprint density at radius 1 is 0.967 bits per heavy atom. The first-order valence-corrected chi connectivity index (χ1v) is 11.6. The predicted octanol–water partition coefficient (Wildman–Crippen LogP) is 6.31. The lowest BCUT2D eigenvalue weighted by atomic mass is 9.53. The molecular weight excluding hydrogens is 368 g/mol. The lowest BCUT2D eigenvalue weighted by Gasteiger charge is -2.52. The van der Waals surface area contributed by atoms with E-state index in [1.165, 1.54) is 34.2 Å². The van der Waals surface area contributed by atoms with Crippen LogP contribution in [0, 0.1) is 31.1 Å². The molecule has 0 amide bonds. The second-order valence-electron chi connectivity index (χ2n) is 10.4. The minimum absolute atomic E-state index is 0.0567. The van der Waals surface area contributed by atoms with Gasteiger partial charge in [0.2, 0.25) is 0 Å². The number of aryl methyl sites for hydroxylation is 3. The van der Waals surface area contributed by atoms with Crippen molar-refractivity contribution >= 4 is 6.08 Å². The van der Waals surface area contributed by atoms with Gasteiger partial charge in [-0.2, -0.15) is 0 Å². The smallest absolute Gasteiger partial charge is 0.115 e. The van der Waals surface area contributed by atoms with Gasteiger partial charge in [0.25, 0.3) is 0 Å². The Balaban J connectivity index is 1.43. The summed E-state index contributed by atoms with van der Waals surface area (Å²) in [6, 6.07) is 12.5. The zero-order chi connectivity index (χ0) is 21.1. The molecule has 2 fully saturated rings. The molecule has 0 unspecified atom stereocenters. The molecule has 30 heavy (non-hydrogen) atoms. The molecule has 158 valence electrons. The second kappa shape index (κ2) is 6.99. The Morgan fingerprint density at radius 2 is 1.80 bits per heavy atom. The van der Waals surface area contributed by atoms with Crippen molar-refractivity contribution in [3.8, 4) is 5.75 Å². The van der Waals surface area contributed by atoms with E-state index in [1.54, 1.807) is 0 Å². The first kappa shape index (κ1) is 19.9. The summed E-state index contributed by atoms with van der Waals surface area (Å²) in [4.78, 5) is 0. The summed E-state index contributed by atoms with van der Waals surface area (Å²) in [5.74, 6) is 2.18. The highest BCUT2D eigenvalue weighted by atomic mass is 16.3. The van der Waals surface area contributed by atoms with Crippen LogP contribution in [-0.2, 0) is 6.42 Å². The highest BCUT2D eigenvalue weighted by Crippen LogP contribution is 2.64. The zero-order valence-corrected chi connectivity index (χ0v) is 18.5. The van der Waals surface area contributed by atoms with Gasteiger partial charge in [0.05, 0.1) is 5.60 Å². The molecule has 0 heterocycles. The predicted molar refractivity (Wildman–Crippen MR) is 123 cm³/mol. The van der Waals surface area contributed by atoms with Crippen molar-refractivity contribution in [2.45, 2.75) is 70.8 Å². The standard InChI is InChI=1S/C28H34O2/c1-18-4-5-20(16-19(18)2)10-14-28(30)15-12-26-25-8-6-21-17-22(29)7-9-23(21)24(25)11-13-27(26,28)3/h4-5,7,9-10,14,16-17,24-26,29-30H,6,8,11-13,15H2,1-3H3/b14-10+/t24-,25-,26+,27+,28+/m1/s1. The molecule has 0 bridgehead atoms. The Labute approximate surface area is 180 Å². The number of aromatic hydroxyl groups is 1. The van der Waals surface area contributed by atoms with Gasteiger partial charge in [-0.05, 0) is 110 Å². The van der Waals surface area contributed by atoms with Crippen LogP contribution in [0.25, 0.3) is 6.08 Å². The first-order chi connectivity index (χ1) is 14.3. The van der Waals surface area contributed by atoms with E-state index < -0.39 is 5.60 Å². The highest BCUT2D eigenvalue weighted by Gasteiger charge is 2.60. The van der Waals surface area contributed by atoms with Crippen molar-refractivity contribution in [1.82, 2.24) is 0 Å². The molecule has 3 aliphatic rings. The summed E-state index contributed by atoms with van der Waals surface area (Å²) >= 11 is 0. The fourth-order valence-corrected chi connectivity index (χ4v) is 7.00.